The lowest BCUT2D eigenvalue weighted by molar-refractivity contribution is -0.113. The van der Waals surface area contributed by atoms with Crippen LogP contribution >= 0.6 is 46.6 Å². The standard InChI is InChI=1S/C18H14Cl3NOS/c1-9-17(10(2)23)18(13-5-3-11(19)7-14(13)21)24-16-6-4-12(20)8-15(16)22-9/h3-8,18,22H,1-2H3. The Bertz CT molecular complexity index is 863. The first-order valence-electron chi connectivity index (χ1n) is 7.26. The second-order valence-corrected chi connectivity index (χ2v) is 7.95. The van der Waals surface area contributed by atoms with E-state index in [1.54, 1.807) is 30.8 Å². The number of hydrogen-bond donors (Lipinski definition) is 1. The van der Waals surface area contributed by atoms with Crippen LogP contribution in [0.15, 0.2) is 52.6 Å². The lowest BCUT2D eigenvalue weighted by atomic mass is 9.99. The Morgan fingerprint density at radius 3 is 2.42 bits per heavy atom. The number of anilines is 1. The number of ketones is 1. The number of hydrogen-bond acceptors (Lipinski definition) is 3. The highest BCUT2D eigenvalue weighted by atomic mass is 35.5. The first-order chi connectivity index (χ1) is 11.4. The quantitative estimate of drug-likeness (QED) is 0.605. The van der Waals surface area contributed by atoms with Crippen LogP contribution in [0.25, 0.3) is 0 Å². The monoisotopic (exact) mass is 397 g/mol. The first kappa shape index (κ1) is 17.7. The lowest BCUT2D eigenvalue weighted by Crippen LogP contribution is -2.11. The fourth-order valence-corrected chi connectivity index (χ4v) is 4.92. The number of benzene rings is 2. The summed E-state index contributed by atoms with van der Waals surface area (Å²) in [6.45, 7) is 3.46. The van der Waals surface area contributed by atoms with Crippen molar-refractivity contribution in [2.45, 2.75) is 24.0 Å². The Kier molecular flexibility index (Phi) is 5.16. The number of thioether (sulfide) groups is 1. The van der Waals surface area contributed by atoms with Crippen molar-refractivity contribution in [3.8, 4) is 0 Å². The highest BCUT2D eigenvalue weighted by Crippen LogP contribution is 2.49. The van der Waals surface area contributed by atoms with Gasteiger partial charge in [-0.25, -0.2) is 0 Å². The van der Waals surface area contributed by atoms with E-state index in [0.717, 1.165) is 21.8 Å². The fraction of sp³-hybridized carbons (Fsp3) is 0.167. The van der Waals surface area contributed by atoms with Crippen LogP contribution in [-0.2, 0) is 4.79 Å². The van der Waals surface area contributed by atoms with Gasteiger partial charge in [0.15, 0.2) is 5.78 Å². The number of rotatable bonds is 2. The molecular formula is C18H14Cl3NOS. The van der Waals surface area contributed by atoms with Crippen molar-refractivity contribution in [2.24, 2.45) is 0 Å². The zero-order chi connectivity index (χ0) is 17.4. The van der Waals surface area contributed by atoms with Gasteiger partial charge in [0.25, 0.3) is 0 Å². The predicted molar refractivity (Wildman–Crippen MR) is 104 cm³/mol. The van der Waals surface area contributed by atoms with Crippen molar-refractivity contribution in [2.75, 3.05) is 5.32 Å². The molecular weight excluding hydrogens is 385 g/mol. The van der Waals surface area contributed by atoms with E-state index in [1.807, 2.05) is 31.2 Å². The summed E-state index contributed by atoms with van der Waals surface area (Å²) < 4.78 is 0. The topological polar surface area (TPSA) is 29.1 Å². The summed E-state index contributed by atoms with van der Waals surface area (Å²) in [5, 5.41) is 4.84. The molecule has 2 nitrogen and oxygen atoms in total. The molecule has 0 aromatic heterocycles. The third-order valence-electron chi connectivity index (χ3n) is 3.80. The maximum atomic E-state index is 12.3. The van der Waals surface area contributed by atoms with Crippen molar-refractivity contribution in [1.82, 2.24) is 0 Å². The van der Waals surface area contributed by atoms with E-state index < -0.39 is 0 Å². The van der Waals surface area contributed by atoms with E-state index in [-0.39, 0.29) is 11.0 Å². The van der Waals surface area contributed by atoms with E-state index in [1.165, 1.54) is 0 Å². The Balaban J connectivity index is 2.19. The van der Waals surface area contributed by atoms with Crippen molar-refractivity contribution in [3.63, 3.8) is 0 Å². The van der Waals surface area contributed by atoms with Gasteiger partial charge in [-0.15, -0.1) is 11.8 Å². The zero-order valence-electron chi connectivity index (χ0n) is 13.0. The van der Waals surface area contributed by atoms with Gasteiger partial charge in [0.2, 0.25) is 0 Å². The molecule has 1 aliphatic heterocycles. The molecule has 0 spiro atoms. The minimum absolute atomic E-state index is 0.00224. The van der Waals surface area contributed by atoms with Gasteiger partial charge >= 0.3 is 0 Å². The number of Topliss-reactive ketones (excluding diaryl/α,β-unsaturated/α-hetero) is 1. The SMILES string of the molecule is CC(=O)C1=C(C)Nc2cc(Cl)ccc2SC1c1ccc(Cl)cc1Cl. The van der Waals surface area contributed by atoms with Crippen LogP contribution in [0.5, 0.6) is 0 Å². The number of nitrogens with one attached hydrogen (secondary N) is 1. The van der Waals surface area contributed by atoms with Gasteiger partial charge in [-0.1, -0.05) is 40.9 Å². The van der Waals surface area contributed by atoms with Crippen LogP contribution in [-0.4, -0.2) is 5.78 Å². The molecule has 124 valence electrons. The van der Waals surface area contributed by atoms with Gasteiger partial charge in [-0.2, -0.15) is 0 Å². The fourth-order valence-electron chi connectivity index (χ4n) is 2.74. The molecule has 1 atom stereocenters. The Hall–Kier alpha value is -1.13. The Labute approximate surface area is 160 Å². The molecule has 1 aliphatic rings. The summed E-state index contributed by atoms with van der Waals surface area (Å²) in [7, 11) is 0. The molecule has 0 amide bonds. The van der Waals surface area contributed by atoms with Gasteiger partial charge in [0, 0.05) is 31.2 Å². The summed E-state index contributed by atoms with van der Waals surface area (Å²) >= 11 is 20.1. The summed E-state index contributed by atoms with van der Waals surface area (Å²) in [5.41, 5.74) is 3.24. The second kappa shape index (κ2) is 7.01. The lowest BCUT2D eigenvalue weighted by Gasteiger charge is -2.20. The number of carbonyl (C=O) groups is 1. The van der Waals surface area contributed by atoms with Gasteiger partial charge in [-0.3, -0.25) is 4.79 Å². The average Bonchev–Trinajstić information content (AvgIpc) is 2.62. The number of allylic oxidation sites excluding steroid dienone is 1. The molecule has 2 aromatic carbocycles. The number of halogens is 3. The highest BCUT2D eigenvalue weighted by Gasteiger charge is 2.29. The van der Waals surface area contributed by atoms with Crippen molar-refractivity contribution < 1.29 is 4.79 Å². The van der Waals surface area contributed by atoms with Crippen LogP contribution in [0, 0.1) is 0 Å². The maximum Gasteiger partial charge on any atom is 0.159 e. The van der Waals surface area contributed by atoms with Crippen LogP contribution in [0.2, 0.25) is 15.1 Å². The molecule has 0 saturated carbocycles. The van der Waals surface area contributed by atoms with E-state index >= 15 is 0 Å². The normalized spacial score (nSPS) is 17.1. The molecule has 0 aliphatic carbocycles. The highest BCUT2D eigenvalue weighted by molar-refractivity contribution is 8.00. The number of carbonyl (C=O) groups excluding carboxylic acids is 1. The Morgan fingerprint density at radius 2 is 1.75 bits per heavy atom. The maximum absolute atomic E-state index is 12.3. The molecule has 0 bridgehead atoms. The van der Waals surface area contributed by atoms with E-state index in [0.29, 0.717) is 20.6 Å². The molecule has 3 rings (SSSR count). The molecule has 6 heteroatoms. The first-order valence-corrected chi connectivity index (χ1v) is 9.28. The third kappa shape index (κ3) is 3.45. The van der Waals surface area contributed by atoms with E-state index in [2.05, 4.69) is 5.32 Å². The summed E-state index contributed by atoms with van der Waals surface area (Å²) in [6, 6.07) is 11.0. The van der Waals surface area contributed by atoms with Gasteiger partial charge in [0.1, 0.15) is 0 Å². The average molecular weight is 399 g/mol. The molecule has 2 aromatic rings. The van der Waals surface area contributed by atoms with Gasteiger partial charge in [0.05, 0.1) is 10.9 Å². The van der Waals surface area contributed by atoms with Crippen LogP contribution < -0.4 is 5.32 Å². The molecule has 1 N–H and O–H groups in total. The van der Waals surface area contributed by atoms with Crippen molar-refractivity contribution >= 4 is 58.0 Å². The zero-order valence-corrected chi connectivity index (χ0v) is 16.1. The molecule has 24 heavy (non-hydrogen) atoms. The van der Waals surface area contributed by atoms with Crippen LogP contribution in [0.3, 0.4) is 0 Å². The van der Waals surface area contributed by atoms with Crippen molar-refractivity contribution in [1.29, 1.82) is 0 Å². The minimum atomic E-state index is -0.220. The van der Waals surface area contributed by atoms with Crippen molar-refractivity contribution in [3.05, 3.63) is 68.3 Å². The predicted octanol–water partition coefficient (Wildman–Crippen LogP) is 6.77. The minimum Gasteiger partial charge on any atom is -0.358 e. The Morgan fingerprint density at radius 1 is 1.08 bits per heavy atom. The van der Waals surface area contributed by atoms with E-state index in [4.69, 9.17) is 34.8 Å². The molecule has 0 fully saturated rings. The summed E-state index contributed by atoms with van der Waals surface area (Å²) in [4.78, 5) is 13.3. The second-order valence-electron chi connectivity index (χ2n) is 5.52. The van der Waals surface area contributed by atoms with E-state index in [9.17, 15) is 4.79 Å². The van der Waals surface area contributed by atoms with Crippen LogP contribution in [0.4, 0.5) is 5.69 Å². The largest absolute Gasteiger partial charge is 0.358 e. The van der Waals surface area contributed by atoms with Crippen LogP contribution in [0.1, 0.15) is 24.7 Å². The van der Waals surface area contributed by atoms with Gasteiger partial charge < -0.3 is 5.32 Å². The molecule has 1 heterocycles. The van der Waals surface area contributed by atoms with Gasteiger partial charge in [-0.05, 0) is 49.7 Å². The summed E-state index contributed by atoms with van der Waals surface area (Å²) in [5.74, 6) is 0.00224. The summed E-state index contributed by atoms with van der Waals surface area (Å²) in [6.07, 6.45) is 0. The number of fused-ring (bicyclic) bond motifs is 1. The molecule has 0 radical (unpaired) electrons. The molecule has 1 unspecified atom stereocenters. The third-order valence-corrected chi connectivity index (χ3v) is 5.93. The molecule has 0 saturated heterocycles. The smallest absolute Gasteiger partial charge is 0.159 e.